The fourth-order valence-corrected chi connectivity index (χ4v) is 2.95. The Balaban J connectivity index is 2.04. The number of hydrogen-bond acceptors (Lipinski definition) is 4. The molecule has 4 nitrogen and oxygen atoms in total. The van der Waals surface area contributed by atoms with Gasteiger partial charge in [-0.25, -0.2) is 0 Å². The molecule has 1 aromatic rings. The summed E-state index contributed by atoms with van der Waals surface area (Å²) in [7, 11) is 4.02. The van der Waals surface area contributed by atoms with Crippen molar-refractivity contribution in [2.75, 3.05) is 42.4 Å². The average Bonchev–Trinajstić information content (AvgIpc) is 2.41. The molecule has 0 radical (unpaired) electrons. The first-order valence-electron chi connectivity index (χ1n) is 6.48. The summed E-state index contributed by atoms with van der Waals surface area (Å²) in [5, 5.41) is 6.26. The molecule has 104 valence electrons. The topological polar surface area (TPSA) is 44.4 Å². The van der Waals surface area contributed by atoms with Crippen LogP contribution in [-0.2, 0) is 4.79 Å². The van der Waals surface area contributed by atoms with E-state index in [0.717, 1.165) is 35.0 Å². The van der Waals surface area contributed by atoms with Crippen LogP contribution in [0, 0.1) is 6.92 Å². The third-order valence-corrected chi connectivity index (χ3v) is 4.28. The van der Waals surface area contributed by atoms with Crippen LogP contribution in [0.2, 0.25) is 0 Å². The smallest absolute Gasteiger partial charge is 0.242 e. The van der Waals surface area contributed by atoms with Gasteiger partial charge in [0.15, 0.2) is 0 Å². The predicted molar refractivity (Wildman–Crippen MR) is 83.3 cm³/mol. The molecule has 1 aliphatic heterocycles. The van der Waals surface area contributed by atoms with Crippen LogP contribution in [0.5, 0.6) is 0 Å². The monoisotopic (exact) mass is 279 g/mol. The minimum Gasteiger partial charge on any atom is -0.378 e. The van der Waals surface area contributed by atoms with E-state index >= 15 is 0 Å². The Hall–Kier alpha value is -1.20. The third kappa shape index (κ3) is 3.64. The van der Waals surface area contributed by atoms with Gasteiger partial charge in [0.05, 0.1) is 6.04 Å². The minimum absolute atomic E-state index is 0.0629. The van der Waals surface area contributed by atoms with Crippen molar-refractivity contribution in [1.82, 2.24) is 5.32 Å². The van der Waals surface area contributed by atoms with Crippen LogP contribution >= 0.6 is 11.8 Å². The Morgan fingerprint density at radius 3 is 2.84 bits per heavy atom. The lowest BCUT2D eigenvalue weighted by Gasteiger charge is -2.23. The summed E-state index contributed by atoms with van der Waals surface area (Å²) in [5.41, 5.74) is 3.12. The first-order valence-corrected chi connectivity index (χ1v) is 7.63. The summed E-state index contributed by atoms with van der Waals surface area (Å²) in [5.74, 6) is 1.99. The first kappa shape index (κ1) is 14.2. The number of amides is 1. The van der Waals surface area contributed by atoms with Gasteiger partial charge in [-0.05, 0) is 30.7 Å². The third-order valence-electron chi connectivity index (χ3n) is 3.22. The highest BCUT2D eigenvalue weighted by Gasteiger charge is 2.21. The van der Waals surface area contributed by atoms with E-state index in [1.807, 2.05) is 44.9 Å². The molecule has 2 N–H and O–H groups in total. The van der Waals surface area contributed by atoms with Crippen molar-refractivity contribution >= 4 is 29.0 Å². The molecule has 0 aromatic heterocycles. The fourth-order valence-electron chi connectivity index (χ4n) is 2.02. The number of aryl methyl sites for hydroxylation is 1. The van der Waals surface area contributed by atoms with Gasteiger partial charge in [-0.3, -0.25) is 4.79 Å². The number of nitrogens with one attached hydrogen (secondary N) is 2. The van der Waals surface area contributed by atoms with E-state index in [9.17, 15) is 4.79 Å². The van der Waals surface area contributed by atoms with Crippen LogP contribution in [0.3, 0.4) is 0 Å². The number of rotatable bonds is 3. The fraction of sp³-hybridized carbons (Fsp3) is 0.500. The number of nitrogens with zero attached hydrogens (tertiary/aromatic N) is 1. The highest BCUT2D eigenvalue weighted by molar-refractivity contribution is 7.99. The number of carbonyl (C=O) groups is 1. The zero-order valence-corrected chi connectivity index (χ0v) is 12.5. The molecule has 2 rings (SSSR count). The summed E-state index contributed by atoms with van der Waals surface area (Å²) in [6.45, 7) is 2.92. The van der Waals surface area contributed by atoms with Gasteiger partial charge < -0.3 is 15.5 Å². The van der Waals surface area contributed by atoms with Gasteiger partial charge in [-0.2, -0.15) is 11.8 Å². The van der Waals surface area contributed by atoms with Gasteiger partial charge in [0, 0.05) is 43.5 Å². The van der Waals surface area contributed by atoms with Crippen molar-refractivity contribution in [3.05, 3.63) is 23.8 Å². The molecule has 1 saturated heterocycles. The first-order chi connectivity index (χ1) is 9.08. The second-order valence-electron chi connectivity index (χ2n) is 4.96. The molecule has 1 aliphatic rings. The standard InChI is InChI=1S/C14H21N3OS/c1-10-8-11(17(2)3)4-5-12(10)16-14(18)13-9-19-7-6-15-13/h4-5,8,13,15H,6-7,9H2,1-3H3,(H,16,18). The molecule has 0 saturated carbocycles. The van der Waals surface area contributed by atoms with Gasteiger partial charge in [0.25, 0.3) is 0 Å². The van der Waals surface area contributed by atoms with E-state index in [4.69, 9.17) is 0 Å². The Morgan fingerprint density at radius 2 is 2.26 bits per heavy atom. The predicted octanol–water partition coefficient (Wildman–Crippen LogP) is 1.70. The molecule has 0 spiro atoms. The number of benzene rings is 1. The second-order valence-corrected chi connectivity index (χ2v) is 6.11. The van der Waals surface area contributed by atoms with Crippen molar-refractivity contribution in [1.29, 1.82) is 0 Å². The lowest BCUT2D eigenvalue weighted by atomic mass is 10.1. The maximum atomic E-state index is 12.1. The number of carbonyl (C=O) groups excluding carboxylic acids is 1. The van der Waals surface area contributed by atoms with E-state index in [2.05, 4.69) is 21.6 Å². The molecule has 1 heterocycles. The van der Waals surface area contributed by atoms with Crippen molar-refractivity contribution in [3.8, 4) is 0 Å². The normalized spacial score (nSPS) is 19.0. The molecule has 0 bridgehead atoms. The Bertz CT molecular complexity index is 456. The second kappa shape index (κ2) is 6.30. The maximum Gasteiger partial charge on any atom is 0.242 e. The number of anilines is 2. The van der Waals surface area contributed by atoms with Gasteiger partial charge in [-0.1, -0.05) is 0 Å². The molecule has 5 heteroatoms. The summed E-state index contributed by atoms with van der Waals surface area (Å²) < 4.78 is 0. The molecular formula is C14H21N3OS. The van der Waals surface area contributed by atoms with Gasteiger partial charge in [-0.15, -0.1) is 0 Å². The van der Waals surface area contributed by atoms with Gasteiger partial charge >= 0.3 is 0 Å². The van der Waals surface area contributed by atoms with E-state index in [1.165, 1.54) is 0 Å². The summed E-state index contributed by atoms with van der Waals surface area (Å²) in [6, 6.07) is 6.00. The van der Waals surface area contributed by atoms with Crippen molar-refractivity contribution < 1.29 is 4.79 Å². The summed E-state index contributed by atoms with van der Waals surface area (Å²) >= 11 is 1.82. The molecule has 1 atom stereocenters. The molecule has 19 heavy (non-hydrogen) atoms. The molecule has 1 amide bonds. The van der Waals surface area contributed by atoms with Crippen molar-refractivity contribution in [2.24, 2.45) is 0 Å². The Kier molecular flexibility index (Phi) is 4.71. The van der Waals surface area contributed by atoms with Crippen LogP contribution < -0.4 is 15.5 Å². The SMILES string of the molecule is Cc1cc(N(C)C)ccc1NC(=O)C1CSCCN1. The number of hydrogen-bond donors (Lipinski definition) is 2. The summed E-state index contributed by atoms with van der Waals surface area (Å²) in [6.07, 6.45) is 0. The van der Waals surface area contributed by atoms with Crippen LogP contribution in [0.15, 0.2) is 18.2 Å². The zero-order chi connectivity index (χ0) is 13.8. The highest BCUT2D eigenvalue weighted by Crippen LogP contribution is 2.21. The van der Waals surface area contributed by atoms with Crippen LogP contribution in [0.1, 0.15) is 5.56 Å². The quantitative estimate of drug-likeness (QED) is 0.884. The maximum absolute atomic E-state index is 12.1. The van der Waals surface area contributed by atoms with Crippen LogP contribution in [0.25, 0.3) is 0 Å². The number of thioether (sulfide) groups is 1. The van der Waals surface area contributed by atoms with E-state index < -0.39 is 0 Å². The minimum atomic E-state index is -0.0772. The van der Waals surface area contributed by atoms with Gasteiger partial charge in [0.2, 0.25) is 5.91 Å². The summed E-state index contributed by atoms with van der Waals surface area (Å²) in [4.78, 5) is 14.2. The molecule has 0 aliphatic carbocycles. The van der Waals surface area contributed by atoms with Gasteiger partial charge in [0.1, 0.15) is 0 Å². The molecule has 1 unspecified atom stereocenters. The Labute approximate surface area is 118 Å². The Morgan fingerprint density at radius 1 is 1.47 bits per heavy atom. The zero-order valence-electron chi connectivity index (χ0n) is 11.7. The van der Waals surface area contributed by atoms with Crippen molar-refractivity contribution in [2.45, 2.75) is 13.0 Å². The van der Waals surface area contributed by atoms with Crippen molar-refractivity contribution in [3.63, 3.8) is 0 Å². The molecular weight excluding hydrogens is 258 g/mol. The van der Waals surface area contributed by atoms with E-state index in [1.54, 1.807) is 0 Å². The lowest BCUT2D eigenvalue weighted by molar-refractivity contribution is -0.117. The molecule has 1 fully saturated rings. The lowest BCUT2D eigenvalue weighted by Crippen LogP contribution is -2.46. The van der Waals surface area contributed by atoms with E-state index in [0.29, 0.717) is 0 Å². The highest BCUT2D eigenvalue weighted by atomic mass is 32.2. The van der Waals surface area contributed by atoms with Crippen LogP contribution in [-0.4, -0.2) is 44.1 Å². The van der Waals surface area contributed by atoms with Crippen LogP contribution in [0.4, 0.5) is 11.4 Å². The van der Waals surface area contributed by atoms with E-state index in [-0.39, 0.29) is 11.9 Å². The molecule has 1 aromatic carbocycles. The average molecular weight is 279 g/mol. The largest absolute Gasteiger partial charge is 0.378 e.